The van der Waals surface area contributed by atoms with Crippen LogP contribution in [0.3, 0.4) is 0 Å². The Labute approximate surface area is 226 Å². The Kier molecular flexibility index (Phi) is 5.61. The molecular formula is C35H28S2. The van der Waals surface area contributed by atoms with Crippen LogP contribution in [0.2, 0.25) is 0 Å². The molecule has 2 aromatic heterocycles. The van der Waals surface area contributed by atoms with Crippen molar-refractivity contribution in [3.8, 4) is 0 Å². The smallest absolute Gasteiger partial charge is 0.0351 e. The van der Waals surface area contributed by atoms with Crippen molar-refractivity contribution in [2.45, 2.75) is 32.1 Å². The predicted molar refractivity (Wildman–Crippen MR) is 163 cm³/mol. The summed E-state index contributed by atoms with van der Waals surface area (Å²) >= 11 is 3.87. The first kappa shape index (κ1) is 22.7. The molecular weight excluding hydrogens is 485 g/mol. The summed E-state index contributed by atoms with van der Waals surface area (Å²) in [6, 6.07) is 40.4. The maximum absolute atomic E-state index is 2.33. The lowest BCUT2D eigenvalue weighted by atomic mass is 9.85. The zero-order valence-corrected chi connectivity index (χ0v) is 22.7. The van der Waals surface area contributed by atoms with Crippen molar-refractivity contribution < 1.29 is 0 Å². The first-order chi connectivity index (χ1) is 18.2. The summed E-state index contributed by atoms with van der Waals surface area (Å²) in [6.45, 7) is 4.64. The molecule has 0 saturated heterocycles. The molecule has 0 fully saturated rings. The Morgan fingerprint density at radius 2 is 0.865 bits per heavy atom. The van der Waals surface area contributed by atoms with Gasteiger partial charge in [0.1, 0.15) is 0 Å². The molecule has 2 heteroatoms. The third-order valence-electron chi connectivity index (χ3n) is 7.94. The minimum absolute atomic E-state index is 0.344. The minimum Gasteiger partial charge on any atom is -0.140 e. The van der Waals surface area contributed by atoms with Crippen molar-refractivity contribution in [3.05, 3.63) is 141 Å². The number of fused-ring (bicyclic) bond motifs is 2. The van der Waals surface area contributed by atoms with E-state index in [2.05, 4.69) is 123 Å². The van der Waals surface area contributed by atoms with Crippen LogP contribution in [0.15, 0.2) is 109 Å². The lowest BCUT2D eigenvalue weighted by molar-refractivity contribution is 0.736. The SMILES string of the molecule is Cc1sc2ccccc2c1C1=C(c2c(C)sc3ccccc23)[C@@H](c2ccccc2)C[C@@H]1c1ccccc1. The molecule has 0 nitrogen and oxygen atoms in total. The zero-order valence-electron chi connectivity index (χ0n) is 21.1. The van der Waals surface area contributed by atoms with Gasteiger partial charge in [0.15, 0.2) is 0 Å². The molecule has 2 atom stereocenters. The number of aryl methyl sites for hydroxylation is 2. The highest BCUT2D eigenvalue weighted by Crippen LogP contribution is 2.59. The number of thiophene rings is 2. The first-order valence-corrected chi connectivity index (χ1v) is 14.6. The van der Waals surface area contributed by atoms with Crippen molar-refractivity contribution in [2.75, 3.05) is 0 Å². The van der Waals surface area contributed by atoms with Gasteiger partial charge in [-0.1, -0.05) is 97.1 Å². The quantitative estimate of drug-likeness (QED) is 0.220. The van der Waals surface area contributed by atoms with Crippen molar-refractivity contribution in [1.82, 2.24) is 0 Å². The maximum atomic E-state index is 2.33. The third-order valence-corrected chi connectivity index (χ3v) is 10.1. The van der Waals surface area contributed by atoms with Gasteiger partial charge in [0.05, 0.1) is 0 Å². The monoisotopic (exact) mass is 512 g/mol. The summed E-state index contributed by atoms with van der Waals surface area (Å²) in [5.41, 5.74) is 8.80. The minimum atomic E-state index is 0.344. The Morgan fingerprint density at radius 3 is 1.30 bits per heavy atom. The van der Waals surface area contributed by atoms with E-state index < -0.39 is 0 Å². The normalized spacial score (nSPS) is 17.8. The summed E-state index contributed by atoms with van der Waals surface area (Å²) < 4.78 is 2.76. The molecule has 180 valence electrons. The van der Waals surface area contributed by atoms with Gasteiger partial charge in [0.2, 0.25) is 0 Å². The van der Waals surface area contributed by atoms with Crippen molar-refractivity contribution in [3.63, 3.8) is 0 Å². The van der Waals surface area contributed by atoms with Crippen LogP contribution in [0.5, 0.6) is 0 Å². The molecule has 0 spiro atoms. The van der Waals surface area contributed by atoms with Crippen LogP contribution < -0.4 is 0 Å². The van der Waals surface area contributed by atoms with Gasteiger partial charge < -0.3 is 0 Å². The number of hydrogen-bond donors (Lipinski definition) is 0. The van der Waals surface area contributed by atoms with Gasteiger partial charge in [0, 0.05) is 52.9 Å². The van der Waals surface area contributed by atoms with Gasteiger partial charge in [-0.2, -0.15) is 0 Å². The van der Waals surface area contributed by atoms with Gasteiger partial charge in [-0.05, 0) is 54.7 Å². The fourth-order valence-corrected chi connectivity index (χ4v) is 8.60. The van der Waals surface area contributed by atoms with E-state index in [1.807, 2.05) is 22.7 Å². The van der Waals surface area contributed by atoms with E-state index in [0.29, 0.717) is 11.8 Å². The lowest BCUT2D eigenvalue weighted by Gasteiger charge is -2.18. The van der Waals surface area contributed by atoms with Gasteiger partial charge in [-0.25, -0.2) is 0 Å². The van der Waals surface area contributed by atoms with Crippen LogP contribution in [0, 0.1) is 13.8 Å². The van der Waals surface area contributed by atoms with Gasteiger partial charge in [-0.15, -0.1) is 22.7 Å². The van der Waals surface area contributed by atoms with E-state index in [-0.39, 0.29) is 0 Å². The van der Waals surface area contributed by atoms with Crippen LogP contribution in [0.1, 0.15) is 50.3 Å². The number of allylic oxidation sites excluding steroid dienone is 2. The van der Waals surface area contributed by atoms with E-state index in [9.17, 15) is 0 Å². The van der Waals surface area contributed by atoms with Crippen LogP contribution in [-0.4, -0.2) is 0 Å². The molecule has 2 heterocycles. The number of hydrogen-bond acceptors (Lipinski definition) is 2. The average Bonchev–Trinajstić information content (AvgIpc) is 3.58. The number of rotatable bonds is 4. The Hall–Kier alpha value is -3.46. The maximum Gasteiger partial charge on any atom is 0.0351 e. The Morgan fingerprint density at radius 1 is 0.486 bits per heavy atom. The summed E-state index contributed by atoms with van der Waals surface area (Å²) in [4.78, 5) is 2.83. The highest BCUT2D eigenvalue weighted by atomic mass is 32.1. The van der Waals surface area contributed by atoms with Crippen LogP contribution >= 0.6 is 22.7 Å². The molecule has 0 unspecified atom stereocenters. The van der Waals surface area contributed by atoms with E-state index in [4.69, 9.17) is 0 Å². The van der Waals surface area contributed by atoms with Crippen LogP contribution in [0.25, 0.3) is 31.3 Å². The molecule has 0 radical (unpaired) electrons. The predicted octanol–water partition coefficient (Wildman–Crippen LogP) is 10.6. The number of benzene rings is 4. The summed E-state index contributed by atoms with van der Waals surface area (Å²) in [6.07, 6.45) is 1.09. The van der Waals surface area contributed by atoms with Crippen molar-refractivity contribution in [1.29, 1.82) is 0 Å². The molecule has 0 N–H and O–H groups in total. The average molecular weight is 513 g/mol. The molecule has 1 aliphatic rings. The molecule has 7 rings (SSSR count). The largest absolute Gasteiger partial charge is 0.140 e. The molecule has 6 aromatic rings. The van der Waals surface area contributed by atoms with Gasteiger partial charge >= 0.3 is 0 Å². The third kappa shape index (κ3) is 3.70. The fraction of sp³-hybridized carbons (Fsp3) is 0.143. The molecule has 0 bridgehead atoms. The summed E-state index contributed by atoms with van der Waals surface area (Å²) in [7, 11) is 0. The van der Waals surface area contributed by atoms with Crippen LogP contribution in [-0.2, 0) is 0 Å². The second-order valence-corrected chi connectivity index (χ2v) is 12.6. The standard InChI is InChI=1S/C35H28S2/c1-22-32(26-17-9-11-19-30(26)36-22)34-28(24-13-5-3-6-14-24)21-29(25-15-7-4-8-16-25)35(34)33-23(2)37-31-20-12-10-18-27(31)33/h3-20,28-29H,21H2,1-2H3/t28-,29-/m1/s1. The molecule has 37 heavy (non-hydrogen) atoms. The van der Waals surface area contributed by atoms with E-state index in [0.717, 1.165) is 6.42 Å². The van der Waals surface area contributed by atoms with E-state index in [1.165, 1.54) is 63.3 Å². The fourth-order valence-electron chi connectivity index (χ4n) is 6.45. The first-order valence-electron chi connectivity index (χ1n) is 13.0. The molecule has 0 saturated carbocycles. The highest BCUT2D eigenvalue weighted by Gasteiger charge is 2.39. The molecule has 4 aromatic carbocycles. The van der Waals surface area contributed by atoms with Crippen molar-refractivity contribution in [2.24, 2.45) is 0 Å². The van der Waals surface area contributed by atoms with Gasteiger partial charge in [0.25, 0.3) is 0 Å². The van der Waals surface area contributed by atoms with E-state index >= 15 is 0 Å². The Balaban J connectivity index is 1.63. The Bertz CT molecular complexity index is 1630. The van der Waals surface area contributed by atoms with Crippen molar-refractivity contribution >= 4 is 54.0 Å². The molecule has 0 aliphatic heterocycles. The van der Waals surface area contributed by atoms with Gasteiger partial charge in [-0.3, -0.25) is 0 Å². The van der Waals surface area contributed by atoms with E-state index in [1.54, 1.807) is 0 Å². The topological polar surface area (TPSA) is 0 Å². The second-order valence-electron chi connectivity index (χ2n) is 10.0. The summed E-state index contributed by atoms with van der Waals surface area (Å²) in [5.74, 6) is 0.687. The molecule has 0 amide bonds. The molecule has 1 aliphatic carbocycles. The zero-order chi connectivity index (χ0) is 24.9. The van der Waals surface area contributed by atoms with Crippen LogP contribution in [0.4, 0.5) is 0 Å². The lowest BCUT2D eigenvalue weighted by Crippen LogP contribution is -2.00. The second kappa shape index (κ2) is 9.13. The summed E-state index contributed by atoms with van der Waals surface area (Å²) in [5, 5.41) is 2.79. The highest BCUT2D eigenvalue weighted by molar-refractivity contribution is 7.19.